The van der Waals surface area contributed by atoms with E-state index in [1.165, 1.54) is 225 Å². The van der Waals surface area contributed by atoms with Gasteiger partial charge in [0, 0.05) is 6.42 Å². The van der Waals surface area contributed by atoms with Crippen LogP contribution in [0.4, 0.5) is 0 Å². The van der Waals surface area contributed by atoms with Crippen molar-refractivity contribution in [2.45, 2.75) is 296 Å². The van der Waals surface area contributed by atoms with Gasteiger partial charge in [0.1, 0.15) is 13.2 Å². The van der Waals surface area contributed by atoms with Gasteiger partial charge in [-0.3, -0.25) is 9.36 Å². The number of aliphatic hydroxyl groups excluding tert-OH is 1. The molecule has 0 aromatic rings. The highest BCUT2D eigenvalue weighted by atomic mass is 31.2. The largest absolute Gasteiger partial charge is 0.756 e. The number of carbonyl (C=O) groups excluding carboxylic acids is 1. The topological polar surface area (TPSA) is 108 Å². The number of phosphoric acid groups is 1. The van der Waals surface area contributed by atoms with Crippen molar-refractivity contribution in [2.75, 3.05) is 40.9 Å². The summed E-state index contributed by atoms with van der Waals surface area (Å²) in [5, 5.41) is 13.8. The maximum atomic E-state index is 12.9. The van der Waals surface area contributed by atoms with Crippen molar-refractivity contribution in [3.63, 3.8) is 0 Å². The Morgan fingerprint density at radius 2 is 0.833 bits per heavy atom. The Kier molecular flexibility index (Phi) is 48.2. The van der Waals surface area contributed by atoms with Crippen LogP contribution in [0.5, 0.6) is 0 Å². The Hall–Kier alpha value is -1.02. The molecule has 1 amide bonds. The first-order chi connectivity index (χ1) is 32.0. The number of likely N-dealkylation sites (N-methyl/N-ethyl adjacent to an activating group) is 1. The second-order valence-electron chi connectivity index (χ2n) is 21.0. The lowest BCUT2D eigenvalue weighted by atomic mass is 10.0. The number of quaternary nitrogens is 1. The number of phosphoric ester groups is 1. The van der Waals surface area contributed by atoms with Crippen molar-refractivity contribution in [3.8, 4) is 0 Å². The van der Waals surface area contributed by atoms with Crippen molar-refractivity contribution in [1.29, 1.82) is 0 Å². The van der Waals surface area contributed by atoms with Gasteiger partial charge in [-0.1, -0.05) is 256 Å². The Balaban J connectivity index is 3.98. The predicted molar refractivity (Wildman–Crippen MR) is 284 cm³/mol. The van der Waals surface area contributed by atoms with E-state index in [9.17, 15) is 19.4 Å². The van der Waals surface area contributed by atoms with Crippen LogP contribution in [-0.2, 0) is 18.4 Å². The molecule has 0 bridgehead atoms. The number of unbranched alkanes of at least 4 members (excludes halogenated alkanes) is 38. The summed E-state index contributed by atoms with van der Waals surface area (Å²) < 4.78 is 23.3. The van der Waals surface area contributed by atoms with Gasteiger partial charge in [-0.15, -0.1) is 0 Å². The van der Waals surface area contributed by atoms with Gasteiger partial charge >= 0.3 is 0 Å². The number of aliphatic hydroxyl groups is 1. The van der Waals surface area contributed by atoms with Gasteiger partial charge in [0.05, 0.1) is 39.9 Å². The number of carbonyl (C=O) groups is 1. The molecule has 0 aliphatic rings. The summed E-state index contributed by atoms with van der Waals surface area (Å²) in [6.45, 7) is 4.67. The summed E-state index contributed by atoms with van der Waals surface area (Å²) in [4.78, 5) is 25.4. The smallest absolute Gasteiger partial charge is 0.268 e. The number of allylic oxidation sites excluding steroid dienone is 3. The number of hydrogen-bond acceptors (Lipinski definition) is 6. The summed E-state index contributed by atoms with van der Waals surface area (Å²) in [7, 11) is 1.27. The minimum Gasteiger partial charge on any atom is -0.756 e. The number of rotatable bonds is 53. The highest BCUT2D eigenvalue weighted by Gasteiger charge is 2.23. The normalized spacial score (nSPS) is 14.1. The molecule has 0 aliphatic carbocycles. The summed E-state index contributed by atoms with van der Waals surface area (Å²) in [6.07, 6.45) is 61.3. The summed E-state index contributed by atoms with van der Waals surface area (Å²) in [6, 6.07) is -0.882. The molecule has 3 unspecified atom stereocenters. The fraction of sp³-hybridized carbons (Fsp3) is 0.912. The van der Waals surface area contributed by atoms with E-state index in [1.807, 2.05) is 27.2 Å². The van der Waals surface area contributed by atoms with Gasteiger partial charge in [-0.05, 0) is 44.9 Å². The predicted octanol–water partition coefficient (Wildman–Crippen LogP) is 16.6. The number of hydrogen-bond donors (Lipinski definition) is 2. The Morgan fingerprint density at radius 1 is 0.515 bits per heavy atom. The third kappa shape index (κ3) is 50.8. The van der Waals surface area contributed by atoms with Crippen LogP contribution < -0.4 is 10.2 Å². The van der Waals surface area contributed by atoms with Gasteiger partial charge < -0.3 is 28.8 Å². The molecule has 0 aliphatic heterocycles. The Morgan fingerprint density at radius 3 is 1.18 bits per heavy atom. The molecule has 0 saturated carbocycles. The quantitative estimate of drug-likeness (QED) is 0.0272. The molecule has 0 fully saturated rings. The van der Waals surface area contributed by atoms with Crippen LogP contribution in [0, 0.1) is 0 Å². The van der Waals surface area contributed by atoms with Gasteiger partial charge in [-0.25, -0.2) is 0 Å². The monoisotopic (exact) mass is 953 g/mol. The van der Waals surface area contributed by atoms with Gasteiger partial charge in [0.15, 0.2) is 0 Å². The molecule has 0 saturated heterocycles. The maximum Gasteiger partial charge on any atom is 0.268 e. The molecule has 0 aromatic carbocycles. The first-order valence-corrected chi connectivity index (χ1v) is 30.2. The van der Waals surface area contributed by atoms with Gasteiger partial charge in [-0.2, -0.15) is 0 Å². The molecule has 3 atom stereocenters. The van der Waals surface area contributed by atoms with Crippen LogP contribution in [0.15, 0.2) is 24.3 Å². The first kappa shape index (κ1) is 65.0. The lowest BCUT2D eigenvalue weighted by Gasteiger charge is -2.29. The van der Waals surface area contributed by atoms with E-state index in [0.29, 0.717) is 17.4 Å². The Bertz CT molecular complexity index is 1130. The fourth-order valence-corrected chi connectivity index (χ4v) is 9.34. The number of amides is 1. The van der Waals surface area contributed by atoms with E-state index in [2.05, 4.69) is 31.3 Å². The molecule has 0 rings (SSSR count). The van der Waals surface area contributed by atoms with E-state index in [0.717, 1.165) is 38.5 Å². The van der Waals surface area contributed by atoms with E-state index < -0.39 is 20.0 Å². The lowest BCUT2D eigenvalue weighted by Crippen LogP contribution is -2.45. The first-order valence-electron chi connectivity index (χ1n) is 28.7. The van der Waals surface area contributed by atoms with Crippen LogP contribution >= 0.6 is 7.82 Å². The fourth-order valence-electron chi connectivity index (χ4n) is 8.62. The van der Waals surface area contributed by atoms with Gasteiger partial charge in [0.25, 0.3) is 7.82 Å². The second kappa shape index (κ2) is 49.0. The minimum absolute atomic E-state index is 0.000989. The van der Waals surface area contributed by atoms with Crippen LogP contribution in [0.2, 0.25) is 0 Å². The summed E-state index contributed by atoms with van der Waals surface area (Å²) in [5.74, 6) is -0.194. The van der Waals surface area contributed by atoms with Crippen LogP contribution in [0.1, 0.15) is 284 Å². The van der Waals surface area contributed by atoms with E-state index in [-0.39, 0.29) is 19.1 Å². The molecule has 0 heterocycles. The van der Waals surface area contributed by atoms with E-state index in [1.54, 1.807) is 6.08 Å². The standard InChI is InChI=1S/C57H113N2O6P/c1-6-8-10-12-14-16-18-20-21-22-23-24-25-26-27-28-29-30-31-32-33-34-35-36-37-38-39-41-43-45-47-49-51-57(61)58-55(54-65-66(62,63)64-53-52-59(3,4)5)56(60)50-48-46-44-42-40-19-17-15-13-11-9-7-2/h26-27,48,50,55-56,60H,6-25,28-47,49,51-54H2,1-5H3,(H-,58,61,62,63)/b27-26-,50-48+. The van der Waals surface area contributed by atoms with Crippen LogP contribution in [0.25, 0.3) is 0 Å². The van der Waals surface area contributed by atoms with Gasteiger partial charge in [0.2, 0.25) is 5.91 Å². The minimum atomic E-state index is -4.59. The molecule has 0 spiro atoms. The van der Waals surface area contributed by atoms with E-state index in [4.69, 9.17) is 9.05 Å². The highest BCUT2D eigenvalue weighted by molar-refractivity contribution is 7.45. The van der Waals surface area contributed by atoms with Crippen molar-refractivity contribution < 1.29 is 32.9 Å². The van der Waals surface area contributed by atoms with Crippen molar-refractivity contribution in [1.82, 2.24) is 5.32 Å². The van der Waals surface area contributed by atoms with Crippen LogP contribution in [0.3, 0.4) is 0 Å². The number of nitrogens with one attached hydrogen (secondary N) is 1. The molecular formula is C57H113N2O6P. The third-order valence-corrected chi connectivity index (χ3v) is 14.1. The molecule has 8 nitrogen and oxygen atoms in total. The lowest BCUT2D eigenvalue weighted by molar-refractivity contribution is -0.870. The molecule has 66 heavy (non-hydrogen) atoms. The average molecular weight is 954 g/mol. The molecule has 2 N–H and O–H groups in total. The molecule has 9 heteroatoms. The number of nitrogens with zero attached hydrogens (tertiary/aromatic N) is 1. The molecule has 0 radical (unpaired) electrons. The summed E-state index contributed by atoms with van der Waals surface area (Å²) >= 11 is 0. The third-order valence-electron chi connectivity index (χ3n) is 13.2. The highest BCUT2D eigenvalue weighted by Crippen LogP contribution is 2.38. The molecular weight excluding hydrogens is 840 g/mol. The van der Waals surface area contributed by atoms with E-state index >= 15 is 0 Å². The van der Waals surface area contributed by atoms with Crippen molar-refractivity contribution in [2.24, 2.45) is 0 Å². The zero-order valence-corrected chi connectivity index (χ0v) is 45.6. The average Bonchev–Trinajstić information content (AvgIpc) is 3.28. The molecule has 0 aromatic heterocycles. The maximum absolute atomic E-state index is 12.9. The second-order valence-corrected chi connectivity index (χ2v) is 22.4. The SMILES string of the molecule is CCCCCCCCCCCC/C=C/C(O)C(COP(=O)([O-])OCC[N+](C)(C)C)NC(=O)CCCCCCCCCCCCCCCCCC/C=C\CCCCCCCCCCCCCC. The Labute approximate surface area is 411 Å². The van der Waals surface area contributed by atoms with Crippen LogP contribution in [-0.4, -0.2) is 68.5 Å². The zero-order chi connectivity index (χ0) is 48.5. The van der Waals surface area contributed by atoms with Crippen molar-refractivity contribution in [3.05, 3.63) is 24.3 Å². The summed E-state index contributed by atoms with van der Waals surface area (Å²) in [5.41, 5.74) is 0. The van der Waals surface area contributed by atoms with Crippen molar-refractivity contribution >= 4 is 13.7 Å². The molecule has 392 valence electrons. The zero-order valence-electron chi connectivity index (χ0n) is 44.7.